The van der Waals surface area contributed by atoms with E-state index in [0.29, 0.717) is 18.1 Å². The molecule has 0 spiro atoms. The SMILES string of the molecule is CN1C(=O)Cc2cc(C(=O)C3CC4CCC3C4)ccc21. The predicted octanol–water partition coefficient (Wildman–Crippen LogP) is 2.82. The summed E-state index contributed by atoms with van der Waals surface area (Å²) in [7, 11) is 1.80. The van der Waals surface area contributed by atoms with Crippen molar-refractivity contribution in [1.29, 1.82) is 0 Å². The first-order valence-corrected chi connectivity index (χ1v) is 7.57. The molecule has 3 atom stereocenters. The van der Waals surface area contributed by atoms with Crippen molar-refractivity contribution >= 4 is 17.4 Å². The van der Waals surface area contributed by atoms with E-state index < -0.39 is 0 Å². The number of fused-ring (bicyclic) bond motifs is 3. The van der Waals surface area contributed by atoms with Crippen molar-refractivity contribution in [3.8, 4) is 0 Å². The predicted molar refractivity (Wildman–Crippen MR) is 76.8 cm³/mol. The number of ketones is 1. The molecule has 2 bridgehead atoms. The summed E-state index contributed by atoms with van der Waals surface area (Å²) in [5, 5.41) is 0. The molecule has 2 saturated carbocycles. The van der Waals surface area contributed by atoms with E-state index >= 15 is 0 Å². The molecule has 0 radical (unpaired) electrons. The highest BCUT2D eigenvalue weighted by atomic mass is 16.2. The van der Waals surface area contributed by atoms with Crippen molar-refractivity contribution in [3.63, 3.8) is 0 Å². The molecule has 3 unspecified atom stereocenters. The minimum absolute atomic E-state index is 0.115. The number of hydrogen-bond acceptors (Lipinski definition) is 2. The molecule has 0 saturated heterocycles. The fourth-order valence-electron chi connectivity index (χ4n) is 4.40. The van der Waals surface area contributed by atoms with E-state index in [9.17, 15) is 9.59 Å². The van der Waals surface area contributed by atoms with Crippen molar-refractivity contribution in [3.05, 3.63) is 29.3 Å². The molecule has 1 aromatic carbocycles. The lowest BCUT2D eigenvalue weighted by molar-refractivity contribution is -0.117. The fourth-order valence-corrected chi connectivity index (χ4v) is 4.40. The zero-order chi connectivity index (χ0) is 13.9. The van der Waals surface area contributed by atoms with Gasteiger partial charge in [0.1, 0.15) is 0 Å². The Labute approximate surface area is 119 Å². The Hall–Kier alpha value is -1.64. The molecule has 20 heavy (non-hydrogen) atoms. The third-order valence-electron chi connectivity index (χ3n) is 5.52. The minimum atomic E-state index is 0.115. The molecule has 1 aliphatic heterocycles. The van der Waals surface area contributed by atoms with Gasteiger partial charge in [0, 0.05) is 24.2 Å². The summed E-state index contributed by atoms with van der Waals surface area (Å²) in [6.07, 6.45) is 5.32. The van der Waals surface area contributed by atoms with Gasteiger partial charge in [0.25, 0.3) is 0 Å². The first-order valence-electron chi connectivity index (χ1n) is 7.57. The monoisotopic (exact) mass is 269 g/mol. The Morgan fingerprint density at radius 1 is 1.25 bits per heavy atom. The number of likely N-dealkylation sites (N-methyl/N-ethyl adjacent to an activating group) is 1. The molecule has 2 fully saturated rings. The number of rotatable bonds is 2. The number of Topliss-reactive ketones (excluding diaryl/α,β-unsaturated/α-hetero) is 1. The minimum Gasteiger partial charge on any atom is -0.315 e. The second-order valence-electron chi connectivity index (χ2n) is 6.62. The highest BCUT2D eigenvalue weighted by molar-refractivity contribution is 6.04. The average molecular weight is 269 g/mol. The number of hydrogen-bond donors (Lipinski definition) is 0. The summed E-state index contributed by atoms with van der Waals surface area (Å²) >= 11 is 0. The van der Waals surface area contributed by atoms with Crippen LogP contribution in [0.1, 0.15) is 41.6 Å². The highest BCUT2D eigenvalue weighted by Gasteiger charge is 2.43. The Morgan fingerprint density at radius 2 is 2.10 bits per heavy atom. The topological polar surface area (TPSA) is 37.4 Å². The summed E-state index contributed by atoms with van der Waals surface area (Å²) in [6.45, 7) is 0. The van der Waals surface area contributed by atoms with E-state index in [-0.39, 0.29) is 11.8 Å². The Balaban J connectivity index is 1.62. The van der Waals surface area contributed by atoms with E-state index in [0.717, 1.165) is 29.2 Å². The van der Waals surface area contributed by atoms with Gasteiger partial charge in [0.05, 0.1) is 6.42 Å². The average Bonchev–Trinajstić information content (AvgIpc) is 3.14. The normalized spacial score (nSPS) is 30.9. The number of carbonyl (C=O) groups excluding carboxylic acids is 2. The molecule has 0 N–H and O–H groups in total. The Bertz CT molecular complexity index is 607. The van der Waals surface area contributed by atoms with Crippen LogP contribution in [0.3, 0.4) is 0 Å². The van der Waals surface area contributed by atoms with Gasteiger partial charge in [-0.3, -0.25) is 9.59 Å². The quantitative estimate of drug-likeness (QED) is 0.774. The van der Waals surface area contributed by atoms with Crippen LogP contribution in [0.4, 0.5) is 5.69 Å². The first kappa shape index (κ1) is 12.1. The number of anilines is 1. The van der Waals surface area contributed by atoms with Gasteiger partial charge in [-0.15, -0.1) is 0 Å². The molecule has 3 aliphatic rings. The summed E-state index contributed by atoms with van der Waals surface area (Å²) in [5.74, 6) is 2.06. The summed E-state index contributed by atoms with van der Waals surface area (Å²) in [4.78, 5) is 26.1. The smallest absolute Gasteiger partial charge is 0.231 e. The maximum Gasteiger partial charge on any atom is 0.231 e. The Morgan fingerprint density at radius 3 is 2.80 bits per heavy atom. The van der Waals surface area contributed by atoms with Crippen molar-refractivity contribution in [2.24, 2.45) is 17.8 Å². The molecule has 1 aromatic rings. The molecule has 1 amide bonds. The molecule has 104 valence electrons. The second-order valence-corrected chi connectivity index (χ2v) is 6.62. The van der Waals surface area contributed by atoms with Crippen molar-refractivity contribution in [2.75, 3.05) is 11.9 Å². The standard InChI is InChI=1S/C17H19NO2/c1-18-15-5-4-12(8-13(15)9-16(18)19)17(20)14-7-10-2-3-11(14)6-10/h4-5,8,10-11,14H,2-3,6-7,9H2,1H3. The zero-order valence-corrected chi connectivity index (χ0v) is 11.8. The third kappa shape index (κ3) is 1.65. The van der Waals surface area contributed by atoms with E-state index in [1.807, 2.05) is 18.2 Å². The van der Waals surface area contributed by atoms with Crippen LogP contribution in [0.15, 0.2) is 18.2 Å². The van der Waals surface area contributed by atoms with Gasteiger partial charge in [0.15, 0.2) is 5.78 Å². The molecular weight excluding hydrogens is 250 g/mol. The first-order chi connectivity index (χ1) is 9.63. The third-order valence-corrected chi connectivity index (χ3v) is 5.52. The van der Waals surface area contributed by atoms with Crippen LogP contribution in [-0.2, 0) is 11.2 Å². The maximum absolute atomic E-state index is 12.7. The van der Waals surface area contributed by atoms with Crippen molar-refractivity contribution < 1.29 is 9.59 Å². The second kappa shape index (κ2) is 4.18. The van der Waals surface area contributed by atoms with Gasteiger partial charge in [-0.25, -0.2) is 0 Å². The lowest BCUT2D eigenvalue weighted by Gasteiger charge is -2.20. The lowest BCUT2D eigenvalue weighted by atomic mass is 9.83. The van der Waals surface area contributed by atoms with Crippen LogP contribution in [0.5, 0.6) is 0 Å². The molecule has 3 heteroatoms. The summed E-state index contributed by atoms with van der Waals surface area (Å²) < 4.78 is 0. The van der Waals surface area contributed by atoms with Crippen molar-refractivity contribution in [2.45, 2.75) is 32.1 Å². The molecule has 3 nitrogen and oxygen atoms in total. The van der Waals surface area contributed by atoms with Gasteiger partial charge in [-0.2, -0.15) is 0 Å². The summed E-state index contributed by atoms with van der Waals surface area (Å²) in [6, 6.07) is 5.79. The van der Waals surface area contributed by atoms with Crippen LogP contribution >= 0.6 is 0 Å². The van der Waals surface area contributed by atoms with E-state index in [1.54, 1.807) is 11.9 Å². The molecule has 1 heterocycles. The molecule has 2 aliphatic carbocycles. The summed E-state index contributed by atoms with van der Waals surface area (Å²) in [5.41, 5.74) is 2.77. The highest BCUT2D eigenvalue weighted by Crippen LogP contribution is 2.49. The van der Waals surface area contributed by atoms with Crippen LogP contribution < -0.4 is 4.90 Å². The molecule has 4 rings (SSSR count). The van der Waals surface area contributed by atoms with Crippen LogP contribution in [-0.4, -0.2) is 18.7 Å². The number of benzene rings is 1. The molecular formula is C17H19NO2. The number of nitrogens with zero attached hydrogens (tertiary/aromatic N) is 1. The largest absolute Gasteiger partial charge is 0.315 e. The van der Waals surface area contributed by atoms with E-state index in [4.69, 9.17) is 0 Å². The Kier molecular flexibility index (Phi) is 2.53. The number of carbonyl (C=O) groups is 2. The van der Waals surface area contributed by atoms with Gasteiger partial charge >= 0.3 is 0 Å². The van der Waals surface area contributed by atoms with Gasteiger partial charge in [-0.05, 0) is 54.9 Å². The zero-order valence-electron chi connectivity index (χ0n) is 11.8. The number of amides is 1. The van der Waals surface area contributed by atoms with E-state index in [2.05, 4.69) is 0 Å². The van der Waals surface area contributed by atoms with Crippen molar-refractivity contribution in [1.82, 2.24) is 0 Å². The van der Waals surface area contributed by atoms with Crippen LogP contribution in [0.25, 0.3) is 0 Å². The van der Waals surface area contributed by atoms with E-state index in [1.165, 1.54) is 19.3 Å². The molecule has 0 aromatic heterocycles. The van der Waals surface area contributed by atoms with Crippen LogP contribution in [0, 0.1) is 17.8 Å². The maximum atomic E-state index is 12.7. The van der Waals surface area contributed by atoms with Gasteiger partial charge in [0.2, 0.25) is 5.91 Å². The van der Waals surface area contributed by atoms with Gasteiger partial charge < -0.3 is 4.90 Å². The van der Waals surface area contributed by atoms with Gasteiger partial charge in [-0.1, -0.05) is 6.42 Å². The fraction of sp³-hybridized carbons (Fsp3) is 0.529. The van der Waals surface area contributed by atoms with Crippen LogP contribution in [0.2, 0.25) is 0 Å². The lowest BCUT2D eigenvalue weighted by Crippen LogP contribution is -2.21.